The van der Waals surface area contributed by atoms with Crippen molar-refractivity contribution in [2.75, 3.05) is 13.7 Å². The van der Waals surface area contributed by atoms with Crippen LogP contribution in [0.5, 0.6) is 0 Å². The summed E-state index contributed by atoms with van der Waals surface area (Å²) < 4.78 is 6.73. The second-order valence-electron chi connectivity index (χ2n) is 4.78. The second kappa shape index (κ2) is 6.98. The number of nitrogens with one attached hydrogen (secondary N) is 1. The van der Waals surface area contributed by atoms with Crippen LogP contribution in [0.2, 0.25) is 0 Å². The third kappa shape index (κ3) is 3.75. The van der Waals surface area contributed by atoms with Gasteiger partial charge in [0, 0.05) is 19.6 Å². The van der Waals surface area contributed by atoms with Gasteiger partial charge in [0.2, 0.25) is 0 Å². The van der Waals surface area contributed by atoms with E-state index in [0.29, 0.717) is 6.04 Å². The van der Waals surface area contributed by atoms with E-state index >= 15 is 0 Å². The summed E-state index contributed by atoms with van der Waals surface area (Å²) in [7, 11) is 1.77. The number of nitrogens with zero attached hydrogens (tertiary/aromatic N) is 1. The maximum atomic E-state index is 5.47. The van der Waals surface area contributed by atoms with Gasteiger partial charge >= 0.3 is 0 Å². The molecule has 2 unspecified atom stereocenters. The number of hydrogen-bond acceptors (Lipinski definition) is 4. The molecule has 0 radical (unpaired) electrons. The SMILES string of the molecule is CCCNC(Cc1nc2ccccc2s1)C(C)OC. The molecule has 2 atom stereocenters. The van der Waals surface area contributed by atoms with E-state index in [1.54, 1.807) is 18.4 Å². The first-order valence-electron chi connectivity index (χ1n) is 6.85. The molecule has 0 saturated heterocycles. The van der Waals surface area contributed by atoms with Crippen LogP contribution in [0.4, 0.5) is 0 Å². The Kier molecular flexibility index (Phi) is 5.31. The summed E-state index contributed by atoms with van der Waals surface area (Å²) in [5.41, 5.74) is 1.10. The number of ether oxygens (including phenoxy) is 1. The largest absolute Gasteiger partial charge is 0.380 e. The lowest BCUT2D eigenvalue weighted by atomic mass is 10.1. The van der Waals surface area contributed by atoms with Gasteiger partial charge in [-0.05, 0) is 32.0 Å². The highest BCUT2D eigenvalue weighted by Crippen LogP contribution is 2.23. The predicted molar refractivity (Wildman–Crippen MR) is 81.9 cm³/mol. The van der Waals surface area contributed by atoms with Crippen LogP contribution in [-0.4, -0.2) is 30.8 Å². The molecule has 3 nitrogen and oxygen atoms in total. The normalized spacial score (nSPS) is 14.7. The van der Waals surface area contributed by atoms with Crippen LogP contribution in [0, 0.1) is 0 Å². The van der Waals surface area contributed by atoms with Crippen LogP contribution < -0.4 is 5.32 Å². The molecule has 0 bridgehead atoms. The van der Waals surface area contributed by atoms with Gasteiger partial charge in [-0.15, -0.1) is 11.3 Å². The van der Waals surface area contributed by atoms with Gasteiger partial charge in [0.15, 0.2) is 0 Å². The number of thiazole rings is 1. The first kappa shape index (κ1) is 14.4. The highest BCUT2D eigenvalue weighted by atomic mass is 32.1. The number of hydrogen-bond donors (Lipinski definition) is 1. The Balaban J connectivity index is 2.10. The molecule has 1 N–H and O–H groups in total. The van der Waals surface area contributed by atoms with Crippen molar-refractivity contribution < 1.29 is 4.74 Å². The fraction of sp³-hybridized carbons (Fsp3) is 0.533. The number of para-hydroxylation sites is 1. The Hall–Kier alpha value is -0.970. The zero-order chi connectivity index (χ0) is 13.7. The molecule has 0 spiro atoms. The molecule has 0 aliphatic rings. The first-order valence-corrected chi connectivity index (χ1v) is 7.67. The van der Waals surface area contributed by atoms with E-state index < -0.39 is 0 Å². The molecular formula is C15H22N2OS. The van der Waals surface area contributed by atoms with E-state index in [2.05, 4.69) is 37.4 Å². The molecule has 0 fully saturated rings. The zero-order valence-electron chi connectivity index (χ0n) is 11.8. The van der Waals surface area contributed by atoms with Gasteiger partial charge in [0.1, 0.15) is 0 Å². The third-order valence-electron chi connectivity index (χ3n) is 3.33. The Bertz CT molecular complexity index is 479. The Morgan fingerprint density at radius 3 is 2.84 bits per heavy atom. The summed E-state index contributed by atoms with van der Waals surface area (Å²) in [5.74, 6) is 0. The molecule has 19 heavy (non-hydrogen) atoms. The average molecular weight is 278 g/mol. The summed E-state index contributed by atoms with van der Waals surface area (Å²) in [5, 5.41) is 4.73. The maximum absolute atomic E-state index is 5.47. The Morgan fingerprint density at radius 1 is 1.37 bits per heavy atom. The minimum Gasteiger partial charge on any atom is -0.380 e. The van der Waals surface area contributed by atoms with Crippen LogP contribution in [0.15, 0.2) is 24.3 Å². The molecule has 1 aromatic heterocycles. The van der Waals surface area contributed by atoms with Crippen molar-refractivity contribution in [2.24, 2.45) is 0 Å². The first-order chi connectivity index (χ1) is 9.24. The van der Waals surface area contributed by atoms with Crippen molar-refractivity contribution >= 4 is 21.6 Å². The molecule has 2 rings (SSSR count). The molecule has 1 heterocycles. The number of fused-ring (bicyclic) bond motifs is 1. The maximum Gasteiger partial charge on any atom is 0.0955 e. The minimum atomic E-state index is 0.193. The van der Waals surface area contributed by atoms with Crippen molar-refractivity contribution in [3.05, 3.63) is 29.3 Å². The Labute approximate surface area is 119 Å². The van der Waals surface area contributed by atoms with E-state index in [-0.39, 0.29) is 6.10 Å². The van der Waals surface area contributed by atoms with Crippen molar-refractivity contribution in [3.8, 4) is 0 Å². The second-order valence-corrected chi connectivity index (χ2v) is 5.90. The minimum absolute atomic E-state index is 0.193. The summed E-state index contributed by atoms with van der Waals surface area (Å²) in [6.45, 7) is 5.31. The monoisotopic (exact) mass is 278 g/mol. The molecule has 0 aliphatic carbocycles. The summed E-state index contributed by atoms with van der Waals surface area (Å²) in [4.78, 5) is 4.70. The van der Waals surface area contributed by atoms with E-state index in [9.17, 15) is 0 Å². The molecule has 4 heteroatoms. The van der Waals surface area contributed by atoms with Gasteiger partial charge in [-0.25, -0.2) is 4.98 Å². The van der Waals surface area contributed by atoms with Crippen LogP contribution in [0.25, 0.3) is 10.2 Å². The lowest BCUT2D eigenvalue weighted by molar-refractivity contribution is 0.0831. The topological polar surface area (TPSA) is 34.2 Å². The number of methoxy groups -OCH3 is 1. The highest BCUT2D eigenvalue weighted by molar-refractivity contribution is 7.18. The smallest absolute Gasteiger partial charge is 0.0955 e. The van der Waals surface area contributed by atoms with Gasteiger partial charge in [-0.3, -0.25) is 0 Å². The van der Waals surface area contributed by atoms with Crippen molar-refractivity contribution in [2.45, 2.75) is 38.8 Å². The van der Waals surface area contributed by atoms with E-state index in [1.807, 2.05) is 6.07 Å². The van der Waals surface area contributed by atoms with Crippen LogP contribution in [-0.2, 0) is 11.2 Å². The fourth-order valence-corrected chi connectivity index (χ4v) is 3.12. The van der Waals surface area contributed by atoms with Crippen molar-refractivity contribution in [1.82, 2.24) is 10.3 Å². The standard InChI is InChI=1S/C15H22N2OS/c1-4-9-16-13(11(2)18-3)10-15-17-12-7-5-6-8-14(12)19-15/h5-8,11,13,16H,4,9-10H2,1-3H3. The number of benzene rings is 1. The molecule has 0 aliphatic heterocycles. The quantitative estimate of drug-likeness (QED) is 0.844. The van der Waals surface area contributed by atoms with Gasteiger partial charge in [-0.1, -0.05) is 19.1 Å². The van der Waals surface area contributed by atoms with Gasteiger partial charge in [-0.2, -0.15) is 0 Å². The van der Waals surface area contributed by atoms with E-state index in [1.165, 1.54) is 9.71 Å². The Morgan fingerprint density at radius 2 is 2.16 bits per heavy atom. The molecular weight excluding hydrogens is 256 g/mol. The van der Waals surface area contributed by atoms with E-state index in [4.69, 9.17) is 9.72 Å². The van der Waals surface area contributed by atoms with Crippen molar-refractivity contribution in [1.29, 1.82) is 0 Å². The van der Waals surface area contributed by atoms with Gasteiger partial charge < -0.3 is 10.1 Å². The zero-order valence-corrected chi connectivity index (χ0v) is 12.7. The van der Waals surface area contributed by atoms with Crippen LogP contribution in [0.3, 0.4) is 0 Å². The summed E-state index contributed by atoms with van der Waals surface area (Å²) >= 11 is 1.78. The van der Waals surface area contributed by atoms with Crippen LogP contribution in [0.1, 0.15) is 25.3 Å². The summed E-state index contributed by atoms with van der Waals surface area (Å²) in [6.07, 6.45) is 2.25. The molecule has 104 valence electrons. The molecule has 0 amide bonds. The molecule has 0 saturated carbocycles. The van der Waals surface area contributed by atoms with Gasteiger partial charge in [0.05, 0.1) is 21.3 Å². The number of aromatic nitrogens is 1. The lowest BCUT2D eigenvalue weighted by Gasteiger charge is -2.23. The molecule has 2 aromatic rings. The summed E-state index contributed by atoms with van der Waals surface area (Å²) in [6, 6.07) is 8.63. The fourth-order valence-electron chi connectivity index (χ4n) is 2.09. The third-order valence-corrected chi connectivity index (χ3v) is 4.39. The lowest BCUT2D eigenvalue weighted by Crippen LogP contribution is -2.41. The van der Waals surface area contributed by atoms with Crippen molar-refractivity contribution in [3.63, 3.8) is 0 Å². The molecule has 1 aromatic carbocycles. The number of rotatable bonds is 7. The average Bonchev–Trinajstić information content (AvgIpc) is 2.84. The highest BCUT2D eigenvalue weighted by Gasteiger charge is 2.18. The predicted octanol–water partition coefficient (Wildman–Crippen LogP) is 3.24. The van der Waals surface area contributed by atoms with Crippen LogP contribution >= 0.6 is 11.3 Å². The van der Waals surface area contributed by atoms with Gasteiger partial charge in [0.25, 0.3) is 0 Å². The van der Waals surface area contributed by atoms with E-state index in [0.717, 1.165) is 24.9 Å².